The first-order valence-electron chi connectivity index (χ1n) is 3.63. The van der Waals surface area contributed by atoms with E-state index in [0.29, 0.717) is 0 Å². The maximum atomic E-state index is 11.1. The highest BCUT2D eigenvalue weighted by Crippen LogP contribution is 2.28. The molecule has 2 N–H and O–H groups in total. The van der Waals surface area contributed by atoms with Crippen molar-refractivity contribution in [3.05, 3.63) is 0 Å². The second-order valence-corrected chi connectivity index (χ2v) is 5.25. The smallest absolute Gasteiger partial charge is 0.112 e. The van der Waals surface area contributed by atoms with E-state index in [0.717, 1.165) is 17.9 Å². The largest absolute Gasteiger partial charge is 0.616 e. The Morgan fingerprint density at radius 2 is 2.20 bits per heavy atom. The second kappa shape index (κ2) is 2.72. The minimum absolute atomic E-state index is 0.0864. The van der Waals surface area contributed by atoms with Crippen LogP contribution in [0.25, 0.3) is 0 Å². The molecule has 60 valence electrons. The predicted octanol–water partition coefficient (Wildman–Crippen LogP) is 0.492. The molecule has 1 fully saturated rings. The normalized spacial score (nSPS) is 39.6. The van der Waals surface area contributed by atoms with Gasteiger partial charge >= 0.3 is 0 Å². The molecule has 0 aliphatic carbocycles. The third-order valence-electron chi connectivity index (χ3n) is 2.19. The standard InChI is InChI=1S/C7H15NOS/c1-7(2)5-10(9)4-3-6(7)8/h6H,3-5,8H2,1-2H3. The van der Waals surface area contributed by atoms with Gasteiger partial charge in [0.25, 0.3) is 0 Å². The number of hydrogen-bond donors (Lipinski definition) is 1. The molecule has 1 rings (SSSR count). The van der Waals surface area contributed by atoms with E-state index in [2.05, 4.69) is 13.8 Å². The van der Waals surface area contributed by atoms with Crippen LogP contribution >= 0.6 is 0 Å². The van der Waals surface area contributed by atoms with Crippen molar-refractivity contribution in [2.75, 3.05) is 11.5 Å². The molecule has 0 radical (unpaired) electrons. The average molecular weight is 161 g/mol. The topological polar surface area (TPSA) is 49.1 Å². The van der Waals surface area contributed by atoms with Crippen LogP contribution in [0.4, 0.5) is 0 Å². The Balaban J connectivity index is 2.55. The van der Waals surface area contributed by atoms with Gasteiger partial charge in [-0.1, -0.05) is 25.0 Å². The predicted molar refractivity (Wildman–Crippen MR) is 44.2 cm³/mol. The Hall–Kier alpha value is 0.270. The van der Waals surface area contributed by atoms with Gasteiger partial charge in [-0.15, -0.1) is 0 Å². The van der Waals surface area contributed by atoms with Gasteiger partial charge < -0.3 is 10.3 Å². The van der Waals surface area contributed by atoms with Gasteiger partial charge in [0, 0.05) is 17.9 Å². The number of hydrogen-bond acceptors (Lipinski definition) is 2. The molecule has 0 spiro atoms. The number of rotatable bonds is 0. The first-order chi connectivity index (χ1) is 4.52. The van der Waals surface area contributed by atoms with E-state index in [-0.39, 0.29) is 11.5 Å². The summed E-state index contributed by atoms with van der Waals surface area (Å²) in [5, 5.41) is 0. The molecule has 0 aromatic heterocycles. The van der Waals surface area contributed by atoms with Crippen LogP contribution in [0.2, 0.25) is 0 Å². The molecule has 2 unspecified atom stereocenters. The Labute approximate surface area is 65.4 Å². The van der Waals surface area contributed by atoms with Crippen LogP contribution in [0.3, 0.4) is 0 Å². The minimum atomic E-state index is -0.610. The monoisotopic (exact) mass is 161 g/mol. The van der Waals surface area contributed by atoms with E-state index >= 15 is 0 Å². The lowest BCUT2D eigenvalue weighted by atomic mass is 9.85. The maximum Gasteiger partial charge on any atom is 0.112 e. The molecule has 3 heteroatoms. The van der Waals surface area contributed by atoms with Crippen LogP contribution in [-0.2, 0) is 11.2 Å². The first-order valence-corrected chi connectivity index (χ1v) is 5.12. The quantitative estimate of drug-likeness (QED) is 0.526. The molecular formula is C7H15NOS. The zero-order chi connectivity index (χ0) is 7.78. The van der Waals surface area contributed by atoms with Gasteiger partial charge in [-0.2, -0.15) is 0 Å². The molecule has 1 heterocycles. The van der Waals surface area contributed by atoms with Crippen molar-refractivity contribution in [2.24, 2.45) is 11.1 Å². The van der Waals surface area contributed by atoms with Gasteiger partial charge in [-0.25, -0.2) is 0 Å². The summed E-state index contributed by atoms with van der Waals surface area (Å²) < 4.78 is 11.1. The van der Waals surface area contributed by atoms with Crippen molar-refractivity contribution >= 4 is 11.2 Å². The fraction of sp³-hybridized carbons (Fsp3) is 1.00. The van der Waals surface area contributed by atoms with Crippen molar-refractivity contribution in [2.45, 2.75) is 26.3 Å². The van der Waals surface area contributed by atoms with Gasteiger partial charge in [0.15, 0.2) is 0 Å². The van der Waals surface area contributed by atoms with Crippen LogP contribution in [0.5, 0.6) is 0 Å². The van der Waals surface area contributed by atoms with E-state index in [1.807, 2.05) is 0 Å². The molecule has 10 heavy (non-hydrogen) atoms. The molecule has 1 aliphatic rings. The minimum Gasteiger partial charge on any atom is -0.616 e. The van der Waals surface area contributed by atoms with Gasteiger partial charge in [0.05, 0.1) is 0 Å². The van der Waals surface area contributed by atoms with Crippen molar-refractivity contribution in [3.63, 3.8) is 0 Å². The van der Waals surface area contributed by atoms with Crippen LogP contribution in [0, 0.1) is 5.41 Å². The van der Waals surface area contributed by atoms with Gasteiger partial charge in [-0.05, 0) is 0 Å². The number of nitrogens with two attached hydrogens (primary N) is 1. The summed E-state index contributed by atoms with van der Waals surface area (Å²) in [5.41, 5.74) is 5.93. The van der Waals surface area contributed by atoms with E-state index < -0.39 is 11.2 Å². The maximum absolute atomic E-state index is 11.1. The highest BCUT2D eigenvalue weighted by atomic mass is 32.2. The van der Waals surface area contributed by atoms with E-state index in [1.54, 1.807) is 0 Å². The third kappa shape index (κ3) is 1.65. The summed E-state index contributed by atoms with van der Waals surface area (Å²) in [6, 6.07) is 0.241. The lowest BCUT2D eigenvalue weighted by molar-refractivity contribution is 0.302. The Morgan fingerprint density at radius 1 is 1.60 bits per heavy atom. The average Bonchev–Trinajstić information content (AvgIpc) is 1.78. The summed E-state index contributed by atoms with van der Waals surface area (Å²) in [4.78, 5) is 0. The van der Waals surface area contributed by atoms with Crippen molar-refractivity contribution in [1.82, 2.24) is 0 Å². The fourth-order valence-corrected chi connectivity index (χ4v) is 2.95. The highest BCUT2D eigenvalue weighted by Gasteiger charge is 2.36. The van der Waals surface area contributed by atoms with E-state index in [1.165, 1.54) is 0 Å². The lowest BCUT2D eigenvalue weighted by Gasteiger charge is -2.36. The summed E-state index contributed by atoms with van der Waals surface area (Å²) in [5.74, 6) is 1.57. The molecular weight excluding hydrogens is 146 g/mol. The molecule has 0 amide bonds. The summed E-state index contributed by atoms with van der Waals surface area (Å²) in [6.45, 7) is 4.18. The SMILES string of the molecule is CC1(C)C[S+]([O-])CCC1N. The van der Waals surface area contributed by atoms with Crippen LogP contribution in [-0.4, -0.2) is 22.1 Å². The molecule has 0 bridgehead atoms. The van der Waals surface area contributed by atoms with Crippen LogP contribution < -0.4 is 5.73 Å². The Bertz CT molecular complexity index is 127. The third-order valence-corrected chi connectivity index (χ3v) is 3.95. The van der Waals surface area contributed by atoms with Crippen molar-refractivity contribution in [1.29, 1.82) is 0 Å². The summed E-state index contributed by atoms with van der Waals surface area (Å²) in [7, 11) is 0. The fourth-order valence-electron chi connectivity index (χ4n) is 1.24. The molecule has 0 aromatic rings. The molecule has 0 saturated carbocycles. The highest BCUT2D eigenvalue weighted by molar-refractivity contribution is 7.91. The molecule has 2 atom stereocenters. The lowest BCUT2D eigenvalue weighted by Crippen LogP contribution is -2.47. The van der Waals surface area contributed by atoms with Crippen LogP contribution in [0.15, 0.2) is 0 Å². The molecule has 0 aromatic carbocycles. The van der Waals surface area contributed by atoms with Crippen molar-refractivity contribution < 1.29 is 4.55 Å². The molecule has 1 aliphatic heterocycles. The van der Waals surface area contributed by atoms with E-state index in [4.69, 9.17) is 5.73 Å². The van der Waals surface area contributed by atoms with Crippen molar-refractivity contribution in [3.8, 4) is 0 Å². The molecule has 2 nitrogen and oxygen atoms in total. The Kier molecular flexibility index (Phi) is 2.28. The zero-order valence-electron chi connectivity index (χ0n) is 6.59. The summed E-state index contributed by atoms with van der Waals surface area (Å²) >= 11 is -0.610. The summed E-state index contributed by atoms with van der Waals surface area (Å²) in [6.07, 6.45) is 0.916. The Morgan fingerprint density at radius 3 is 2.60 bits per heavy atom. The zero-order valence-corrected chi connectivity index (χ0v) is 7.41. The molecule has 1 saturated heterocycles. The van der Waals surface area contributed by atoms with E-state index in [9.17, 15) is 4.55 Å². The first kappa shape index (κ1) is 8.37. The van der Waals surface area contributed by atoms with Gasteiger partial charge in [0.2, 0.25) is 0 Å². The van der Waals surface area contributed by atoms with Crippen LogP contribution in [0.1, 0.15) is 20.3 Å². The van der Waals surface area contributed by atoms with Gasteiger partial charge in [0.1, 0.15) is 11.5 Å². The second-order valence-electron chi connectivity index (χ2n) is 3.67. The van der Waals surface area contributed by atoms with Gasteiger partial charge in [-0.3, -0.25) is 0 Å².